The maximum atomic E-state index is 10.1. The Morgan fingerprint density at radius 3 is 3.00 bits per heavy atom. The first kappa shape index (κ1) is 7.92. The van der Waals surface area contributed by atoms with Gasteiger partial charge in [-0.2, -0.15) is 11.8 Å². The van der Waals surface area contributed by atoms with Crippen LogP contribution in [0.5, 0.6) is 0 Å². The van der Waals surface area contributed by atoms with Gasteiger partial charge < -0.3 is 5.32 Å². The van der Waals surface area contributed by atoms with Crippen molar-refractivity contribution in [3.05, 3.63) is 0 Å². The first-order valence-corrected chi connectivity index (χ1v) is 4.89. The lowest BCUT2D eigenvalue weighted by Gasteiger charge is -2.15. The Labute approximate surface area is 65.8 Å². The molecule has 0 radical (unpaired) electrons. The summed E-state index contributed by atoms with van der Waals surface area (Å²) >= 11 is 1.86. The molecule has 1 saturated carbocycles. The Morgan fingerprint density at radius 1 is 1.60 bits per heavy atom. The van der Waals surface area contributed by atoms with Crippen LogP contribution in [0, 0.1) is 0 Å². The first-order chi connectivity index (χ1) is 4.88. The molecule has 2 nitrogen and oxygen atoms in total. The topological polar surface area (TPSA) is 29.1 Å². The highest BCUT2D eigenvalue weighted by molar-refractivity contribution is 7.99. The van der Waals surface area contributed by atoms with Crippen LogP contribution in [0.4, 0.5) is 0 Å². The van der Waals surface area contributed by atoms with E-state index in [1.54, 1.807) is 0 Å². The zero-order valence-corrected chi connectivity index (χ0v) is 6.99. The lowest BCUT2D eigenvalue weighted by molar-refractivity contribution is -0.110. The smallest absolute Gasteiger partial charge is 0.207 e. The number of hydrogen-bond acceptors (Lipinski definition) is 2. The van der Waals surface area contributed by atoms with Crippen LogP contribution in [0.15, 0.2) is 0 Å². The maximum absolute atomic E-state index is 10.1. The number of rotatable bonds is 3. The molecule has 3 heteroatoms. The Hall–Kier alpha value is -0.180. The Kier molecular flexibility index (Phi) is 3.06. The van der Waals surface area contributed by atoms with Gasteiger partial charge >= 0.3 is 0 Å². The Balaban J connectivity index is 2.34. The summed E-state index contributed by atoms with van der Waals surface area (Å²) in [6.07, 6.45) is 6.60. The van der Waals surface area contributed by atoms with Gasteiger partial charge in [0.1, 0.15) is 0 Å². The van der Waals surface area contributed by atoms with E-state index in [2.05, 4.69) is 11.6 Å². The molecule has 1 aliphatic rings. The fourth-order valence-electron chi connectivity index (χ4n) is 1.49. The van der Waals surface area contributed by atoms with Crippen molar-refractivity contribution in [2.45, 2.75) is 30.6 Å². The summed E-state index contributed by atoms with van der Waals surface area (Å²) in [5.41, 5.74) is 0. The number of thioether (sulfide) groups is 1. The van der Waals surface area contributed by atoms with Gasteiger partial charge in [0, 0.05) is 11.3 Å². The van der Waals surface area contributed by atoms with E-state index in [0.29, 0.717) is 11.3 Å². The molecule has 0 spiro atoms. The standard InChI is InChI=1S/C7H13NOS/c1-10-7-4-2-3-6(7)8-5-9/h5-7H,2-4H2,1H3,(H,8,9). The second kappa shape index (κ2) is 3.86. The highest BCUT2D eigenvalue weighted by Gasteiger charge is 2.25. The molecule has 0 heterocycles. The summed E-state index contributed by atoms with van der Waals surface area (Å²) in [6, 6.07) is 0.437. The molecule has 1 rings (SSSR count). The van der Waals surface area contributed by atoms with Crippen molar-refractivity contribution in [3.63, 3.8) is 0 Å². The van der Waals surface area contributed by atoms with Gasteiger partial charge in [-0.15, -0.1) is 0 Å². The van der Waals surface area contributed by atoms with E-state index < -0.39 is 0 Å². The minimum Gasteiger partial charge on any atom is -0.355 e. The average molecular weight is 159 g/mol. The van der Waals surface area contributed by atoms with Gasteiger partial charge in [0.25, 0.3) is 0 Å². The molecule has 0 aromatic heterocycles. The quantitative estimate of drug-likeness (QED) is 0.623. The van der Waals surface area contributed by atoms with Crippen molar-refractivity contribution in [3.8, 4) is 0 Å². The molecule has 0 saturated heterocycles. The highest BCUT2D eigenvalue weighted by atomic mass is 32.2. The maximum Gasteiger partial charge on any atom is 0.207 e. The molecule has 0 aromatic carbocycles. The van der Waals surface area contributed by atoms with Gasteiger partial charge in [-0.1, -0.05) is 6.42 Å². The predicted molar refractivity (Wildman–Crippen MR) is 44.1 cm³/mol. The molecule has 1 aliphatic carbocycles. The molecule has 1 fully saturated rings. The van der Waals surface area contributed by atoms with E-state index in [4.69, 9.17) is 0 Å². The third-order valence-corrected chi connectivity index (χ3v) is 3.21. The van der Waals surface area contributed by atoms with Crippen molar-refractivity contribution in [2.24, 2.45) is 0 Å². The summed E-state index contributed by atoms with van der Waals surface area (Å²) in [5, 5.41) is 3.50. The molecular formula is C7H13NOS. The average Bonchev–Trinajstić information content (AvgIpc) is 2.36. The summed E-state index contributed by atoms with van der Waals surface area (Å²) in [6.45, 7) is 0. The molecule has 2 unspecified atom stereocenters. The zero-order chi connectivity index (χ0) is 7.40. The van der Waals surface area contributed by atoms with E-state index in [0.717, 1.165) is 12.8 Å². The second-order valence-electron chi connectivity index (χ2n) is 2.60. The van der Waals surface area contributed by atoms with Crippen LogP contribution >= 0.6 is 11.8 Å². The van der Waals surface area contributed by atoms with E-state index in [9.17, 15) is 4.79 Å². The molecule has 58 valence electrons. The number of amides is 1. The van der Waals surface area contributed by atoms with Gasteiger partial charge in [0.15, 0.2) is 0 Å². The minimum atomic E-state index is 0.437. The van der Waals surface area contributed by atoms with Crippen molar-refractivity contribution in [1.29, 1.82) is 0 Å². The third kappa shape index (κ3) is 1.66. The molecule has 1 amide bonds. The molecule has 0 aliphatic heterocycles. The van der Waals surface area contributed by atoms with Crippen LogP contribution in [0.3, 0.4) is 0 Å². The number of nitrogens with one attached hydrogen (secondary N) is 1. The lowest BCUT2D eigenvalue weighted by atomic mass is 10.2. The van der Waals surface area contributed by atoms with E-state index >= 15 is 0 Å². The summed E-state index contributed by atoms with van der Waals surface area (Å²) in [5.74, 6) is 0. The molecule has 0 aromatic rings. The van der Waals surface area contributed by atoms with Crippen LogP contribution in [0.1, 0.15) is 19.3 Å². The number of carbonyl (C=O) groups is 1. The van der Waals surface area contributed by atoms with E-state index in [1.165, 1.54) is 12.8 Å². The summed E-state index contributed by atoms with van der Waals surface area (Å²) in [4.78, 5) is 10.1. The predicted octanol–water partition coefficient (Wildman–Crippen LogP) is 1.02. The van der Waals surface area contributed by atoms with Gasteiger partial charge in [-0.05, 0) is 19.1 Å². The Morgan fingerprint density at radius 2 is 2.40 bits per heavy atom. The van der Waals surface area contributed by atoms with E-state index in [-0.39, 0.29) is 0 Å². The van der Waals surface area contributed by atoms with Crippen molar-refractivity contribution < 1.29 is 4.79 Å². The molecule has 2 atom stereocenters. The second-order valence-corrected chi connectivity index (χ2v) is 3.67. The molecule has 1 N–H and O–H groups in total. The number of hydrogen-bond donors (Lipinski definition) is 1. The van der Waals surface area contributed by atoms with Crippen molar-refractivity contribution in [2.75, 3.05) is 6.26 Å². The first-order valence-electron chi connectivity index (χ1n) is 3.61. The van der Waals surface area contributed by atoms with Crippen molar-refractivity contribution in [1.82, 2.24) is 5.32 Å². The third-order valence-electron chi connectivity index (χ3n) is 2.04. The van der Waals surface area contributed by atoms with Crippen LogP contribution in [0.25, 0.3) is 0 Å². The zero-order valence-electron chi connectivity index (χ0n) is 6.17. The molecule has 10 heavy (non-hydrogen) atoms. The van der Waals surface area contributed by atoms with Gasteiger partial charge in [0.2, 0.25) is 6.41 Å². The van der Waals surface area contributed by atoms with Crippen molar-refractivity contribution >= 4 is 18.2 Å². The fourth-order valence-corrected chi connectivity index (χ4v) is 2.43. The monoisotopic (exact) mass is 159 g/mol. The van der Waals surface area contributed by atoms with Gasteiger partial charge in [-0.25, -0.2) is 0 Å². The van der Waals surface area contributed by atoms with Crippen LogP contribution in [-0.4, -0.2) is 24.0 Å². The largest absolute Gasteiger partial charge is 0.355 e. The van der Waals surface area contributed by atoms with Crippen LogP contribution in [0.2, 0.25) is 0 Å². The van der Waals surface area contributed by atoms with Gasteiger partial charge in [-0.3, -0.25) is 4.79 Å². The van der Waals surface area contributed by atoms with E-state index in [1.807, 2.05) is 11.8 Å². The highest BCUT2D eigenvalue weighted by Crippen LogP contribution is 2.27. The molecule has 0 bridgehead atoms. The fraction of sp³-hybridized carbons (Fsp3) is 0.857. The van der Waals surface area contributed by atoms with Crippen LogP contribution < -0.4 is 5.32 Å². The Bertz CT molecular complexity index is 118. The number of carbonyl (C=O) groups excluding carboxylic acids is 1. The SMILES string of the molecule is CSC1CCCC1NC=O. The van der Waals surface area contributed by atoms with Crippen LogP contribution in [-0.2, 0) is 4.79 Å². The lowest BCUT2D eigenvalue weighted by Crippen LogP contribution is -2.32. The summed E-state index contributed by atoms with van der Waals surface area (Å²) < 4.78 is 0. The minimum absolute atomic E-state index is 0.437. The van der Waals surface area contributed by atoms with Gasteiger partial charge in [0.05, 0.1) is 0 Å². The molecular weight excluding hydrogens is 146 g/mol. The summed E-state index contributed by atoms with van der Waals surface area (Å²) in [7, 11) is 0. The normalized spacial score (nSPS) is 32.1.